The molecule has 0 aliphatic heterocycles. The molecule has 2 aromatic carbocycles. The minimum absolute atomic E-state index is 0.108. The van der Waals surface area contributed by atoms with Crippen LogP contribution >= 0.6 is 0 Å². The molecule has 0 unspecified atom stereocenters. The molecule has 7 heteroatoms. The molecule has 0 spiro atoms. The SMILES string of the molecule is CN(C)c1ccc(C=Cc2nc3ccc(OCCOCCOCCF)cc3o2)cc1. The largest absolute Gasteiger partial charge is 0.491 e. The molecule has 0 radical (unpaired) electrons. The van der Waals surface area contributed by atoms with Gasteiger partial charge in [0.25, 0.3) is 0 Å². The Hall–Kier alpha value is -2.90. The first-order chi connectivity index (χ1) is 14.7. The van der Waals surface area contributed by atoms with Crippen molar-refractivity contribution in [3.63, 3.8) is 0 Å². The van der Waals surface area contributed by atoms with Crippen molar-refractivity contribution in [1.29, 1.82) is 0 Å². The molecule has 0 saturated heterocycles. The third-order valence-electron chi connectivity index (χ3n) is 4.29. The molecule has 3 rings (SSSR count). The summed E-state index contributed by atoms with van der Waals surface area (Å²) >= 11 is 0. The number of hydrogen-bond acceptors (Lipinski definition) is 6. The Kier molecular flexibility index (Phi) is 8.23. The number of ether oxygens (including phenoxy) is 3. The van der Waals surface area contributed by atoms with E-state index in [0.29, 0.717) is 43.7 Å². The number of oxazole rings is 1. The summed E-state index contributed by atoms with van der Waals surface area (Å²) in [7, 11) is 4.03. The Labute approximate surface area is 175 Å². The van der Waals surface area contributed by atoms with Crippen LogP contribution in [0, 0.1) is 0 Å². The van der Waals surface area contributed by atoms with Gasteiger partial charge in [-0.3, -0.25) is 0 Å². The average molecular weight is 414 g/mol. The number of alkyl halides is 1. The number of benzene rings is 2. The van der Waals surface area contributed by atoms with Gasteiger partial charge in [-0.05, 0) is 35.9 Å². The highest BCUT2D eigenvalue weighted by Gasteiger charge is 2.05. The predicted molar refractivity (Wildman–Crippen MR) is 117 cm³/mol. The van der Waals surface area contributed by atoms with E-state index in [2.05, 4.69) is 34.1 Å². The smallest absolute Gasteiger partial charge is 0.220 e. The van der Waals surface area contributed by atoms with E-state index in [0.717, 1.165) is 16.8 Å². The summed E-state index contributed by atoms with van der Waals surface area (Å²) in [4.78, 5) is 6.54. The third-order valence-corrected chi connectivity index (χ3v) is 4.29. The Morgan fingerprint density at radius 2 is 1.67 bits per heavy atom. The zero-order chi connectivity index (χ0) is 21.2. The van der Waals surface area contributed by atoms with Gasteiger partial charge in [-0.1, -0.05) is 12.1 Å². The predicted octanol–water partition coefficient (Wildman–Crippen LogP) is 4.45. The van der Waals surface area contributed by atoms with Crippen LogP contribution in [0.3, 0.4) is 0 Å². The molecule has 0 amide bonds. The van der Waals surface area contributed by atoms with Gasteiger partial charge in [0.15, 0.2) is 5.58 Å². The van der Waals surface area contributed by atoms with Crippen molar-refractivity contribution in [2.24, 2.45) is 0 Å². The lowest BCUT2D eigenvalue weighted by Gasteiger charge is -2.11. The molecular formula is C23H27FN2O4. The highest BCUT2D eigenvalue weighted by Crippen LogP contribution is 2.23. The zero-order valence-electron chi connectivity index (χ0n) is 17.3. The number of fused-ring (bicyclic) bond motifs is 1. The number of aromatic nitrogens is 1. The highest BCUT2D eigenvalue weighted by molar-refractivity contribution is 5.77. The minimum atomic E-state index is -0.478. The molecule has 0 aliphatic carbocycles. The molecule has 6 nitrogen and oxygen atoms in total. The second-order valence-corrected chi connectivity index (χ2v) is 6.76. The number of halogens is 1. The van der Waals surface area contributed by atoms with E-state index in [-0.39, 0.29) is 6.61 Å². The van der Waals surface area contributed by atoms with Crippen molar-refractivity contribution < 1.29 is 23.0 Å². The van der Waals surface area contributed by atoms with Crippen molar-refractivity contribution >= 4 is 28.9 Å². The molecule has 0 atom stereocenters. The summed E-state index contributed by atoms with van der Waals surface area (Å²) in [6, 6.07) is 13.8. The van der Waals surface area contributed by atoms with Gasteiger partial charge in [0.2, 0.25) is 5.89 Å². The van der Waals surface area contributed by atoms with E-state index in [1.165, 1.54) is 0 Å². The van der Waals surface area contributed by atoms with Gasteiger partial charge < -0.3 is 23.5 Å². The number of nitrogens with zero attached hydrogens (tertiary/aromatic N) is 2. The fourth-order valence-corrected chi connectivity index (χ4v) is 2.73. The summed E-state index contributed by atoms with van der Waals surface area (Å²) in [5.41, 5.74) is 3.65. The molecule has 0 saturated carbocycles. The van der Waals surface area contributed by atoms with Gasteiger partial charge in [0, 0.05) is 31.9 Å². The zero-order valence-corrected chi connectivity index (χ0v) is 17.3. The van der Waals surface area contributed by atoms with E-state index in [4.69, 9.17) is 18.6 Å². The average Bonchev–Trinajstić information content (AvgIpc) is 3.16. The third kappa shape index (κ3) is 6.57. The van der Waals surface area contributed by atoms with E-state index in [1.807, 2.05) is 44.4 Å². The van der Waals surface area contributed by atoms with E-state index in [1.54, 1.807) is 0 Å². The van der Waals surface area contributed by atoms with Crippen molar-refractivity contribution in [3.8, 4) is 5.75 Å². The molecular weight excluding hydrogens is 387 g/mol. The summed E-state index contributed by atoms with van der Waals surface area (Å²) in [6.07, 6.45) is 3.82. The number of anilines is 1. The maximum atomic E-state index is 11.9. The van der Waals surface area contributed by atoms with Gasteiger partial charge in [0.05, 0.1) is 26.4 Å². The van der Waals surface area contributed by atoms with Crippen LogP contribution in [0.4, 0.5) is 10.1 Å². The molecule has 160 valence electrons. The first-order valence-corrected chi connectivity index (χ1v) is 9.86. The molecule has 0 fully saturated rings. The minimum Gasteiger partial charge on any atom is -0.491 e. The van der Waals surface area contributed by atoms with Crippen LogP contribution in [-0.2, 0) is 9.47 Å². The quantitative estimate of drug-likeness (QED) is 0.408. The lowest BCUT2D eigenvalue weighted by molar-refractivity contribution is 0.0325. The van der Waals surface area contributed by atoms with Crippen LogP contribution in [0.15, 0.2) is 46.9 Å². The van der Waals surface area contributed by atoms with Gasteiger partial charge in [-0.2, -0.15) is 0 Å². The fraction of sp³-hybridized carbons (Fsp3) is 0.348. The lowest BCUT2D eigenvalue weighted by atomic mass is 10.2. The fourth-order valence-electron chi connectivity index (χ4n) is 2.73. The van der Waals surface area contributed by atoms with E-state index in [9.17, 15) is 4.39 Å². The van der Waals surface area contributed by atoms with Crippen molar-refractivity contribution in [2.45, 2.75) is 0 Å². The standard InChI is InChI=1S/C23H27FN2O4/c1-26(2)19-6-3-18(4-7-19)5-10-23-25-21-9-8-20(17-22(21)30-23)29-16-15-28-14-13-27-12-11-24/h3-10,17H,11-16H2,1-2H3. The molecule has 30 heavy (non-hydrogen) atoms. The Morgan fingerprint density at radius 1 is 0.933 bits per heavy atom. The van der Waals surface area contributed by atoms with Crippen LogP contribution in [0.2, 0.25) is 0 Å². The number of rotatable bonds is 12. The summed E-state index contributed by atoms with van der Waals surface area (Å²) in [5, 5.41) is 0. The van der Waals surface area contributed by atoms with E-state index >= 15 is 0 Å². The monoisotopic (exact) mass is 414 g/mol. The van der Waals surface area contributed by atoms with Gasteiger partial charge in [0.1, 0.15) is 24.5 Å². The molecule has 0 aliphatic rings. The normalized spacial score (nSPS) is 11.4. The van der Waals surface area contributed by atoms with Crippen LogP contribution < -0.4 is 9.64 Å². The summed E-state index contributed by atoms with van der Waals surface area (Å²) < 4.78 is 33.7. The maximum Gasteiger partial charge on any atom is 0.220 e. The van der Waals surface area contributed by atoms with Crippen LogP contribution in [0.25, 0.3) is 23.3 Å². The van der Waals surface area contributed by atoms with Gasteiger partial charge in [-0.15, -0.1) is 0 Å². The Balaban J connectivity index is 1.50. The molecule has 0 bridgehead atoms. The summed E-state index contributed by atoms with van der Waals surface area (Å²) in [5.74, 6) is 1.22. The van der Waals surface area contributed by atoms with Gasteiger partial charge in [-0.25, -0.2) is 9.37 Å². The Bertz CT molecular complexity index is 938. The van der Waals surface area contributed by atoms with Crippen molar-refractivity contribution in [1.82, 2.24) is 4.98 Å². The van der Waals surface area contributed by atoms with Crippen LogP contribution in [-0.4, -0.2) is 58.8 Å². The van der Waals surface area contributed by atoms with Crippen molar-refractivity contribution in [2.75, 3.05) is 58.7 Å². The molecule has 0 N–H and O–H groups in total. The van der Waals surface area contributed by atoms with Gasteiger partial charge >= 0.3 is 0 Å². The van der Waals surface area contributed by atoms with Crippen LogP contribution in [0.1, 0.15) is 11.5 Å². The topological polar surface area (TPSA) is 57.0 Å². The van der Waals surface area contributed by atoms with E-state index < -0.39 is 6.67 Å². The van der Waals surface area contributed by atoms with Crippen LogP contribution in [0.5, 0.6) is 5.75 Å². The lowest BCUT2D eigenvalue weighted by Crippen LogP contribution is -2.11. The first-order valence-electron chi connectivity index (χ1n) is 9.86. The molecule has 3 aromatic rings. The van der Waals surface area contributed by atoms with Crippen molar-refractivity contribution in [3.05, 3.63) is 53.9 Å². The maximum absolute atomic E-state index is 11.9. The number of hydrogen-bond donors (Lipinski definition) is 0. The Morgan fingerprint density at radius 3 is 2.40 bits per heavy atom. The molecule has 1 heterocycles. The second-order valence-electron chi connectivity index (χ2n) is 6.76. The first kappa shape index (κ1) is 21.8. The highest BCUT2D eigenvalue weighted by atomic mass is 19.1. The summed E-state index contributed by atoms with van der Waals surface area (Å²) in [6.45, 7) is 1.25. The second kappa shape index (κ2) is 11.3. The molecule has 1 aromatic heterocycles.